The van der Waals surface area contributed by atoms with Gasteiger partial charge in [-0.05, 0) is 262 Å². The number of anilines is 6. The van der Waals surface area contributed by atoms with Crippen LogP contribution in [-0.2, 0) is 21.7 Å². The molecule has 0 fully saturated rings. The lowest BCUT2D eigenvalue weighted by atomic mass is 9.51. The molecular formula is C142H98N2. The zero-order valence-electron chi connectivity index (χ0n) is 79.5. The average Bonchev–Trinajstić information content (AvgIpc) is 1.45. The Bertz CT molecular complexity index is 8380. The highest BCUT2D eigenvalue weighted by molar-refractivity contribution is 6.02. The van der Waals surface area contributed by atoms with Crippen molar-refractivity contribution >= 4 is 34.1 Å². The van der Waals surface area contributed by atoms with Crippen LogP contribution in [0.2, 0.25) is 0 Å². The third-order valence-electron chi connectivity index (χ3n) is 30.8. The zero-order chi connectivity index (χ0) is 95.5. The Morgan fingerprint density at radius 3 is 0.632 bits per heavy atom. The SMILES string of the molecule is c1ccc(-c2ccc(N(c3cc(-c4ccccc4)cc(-c4ccccc4)c3)c3cccc4c3-c3ccccc3C43c4ccccc4C(c4ccccc4)(c4ccccc4)c4ccccc43)cc2)cc1.c1ccc(-c2ccc(N(c3ccc(-c4cccc5c4-c4ccccc4C54c5ccccc5C(c5ccccc5)(c5ccccc5)c5ccccc54)cc3)c3cc(-c4ccccc4)cc(-c4ccccc4)c3)cc2)cc1. The molecule has 676 valence electrons. The Kier molecular flexibility index (Phi) is 21.6. The molecule has 4 aliphatic carbocycles. The molecule has 0 N–H and O–H groups in total. The zero-order valence-corrected chi connectivity index (χ0v) is 79.5. The van der Waals surface area contributed by atoms with Gasteiger partial charge in [0.1, 0.15) is 0 Å². The molecular weight excluding hydrogens is 1730 g/mol. The van der Waals surface area contributed by atoms with Crippen molar-refractivity contribution in [3.05, 3.63) is 684 Å². The summed E-state index contributed by atoms with van der Waals surface area (Å²) in [6.07, 6.45) is 0. The molecule has 0 saturated carbocycles. The molecule has 144 heavy (non-hydrogen) atoms. The van der Waals surface area contributed by atoms with E-state index in [9.17, 15) is 0 Å². The Labute approximate surface area is 843 Å². The summed E-state index contributed by atoms with van der Waals surface area (Å²) < 4.78 is 0. The van der Waals surface area contributed by atoms with Crippen LogP contribution in [-0.4, -0.2) is 0 Å². The quantitative estimate of drug-likeness (QED) is 0.0896. The van der Waals surface area contributed by atoms with Gasteiger partial charge < -0.3 is 9.80 Å². The molecule has 0 unspecified atom stereocenters. The molecule has 2 nitrogen and oxygen atoms in total. The van der Waals surface area contributed by atoms with Crippen LogP contribution in [0.4, 0.5) is 34.1 Å². The fraction of sp³-hybridized carbons (Fsp3) is 0.0282. The third-order valence-corrected chi connectivity index (χ3v) is 30.8. The van der Waals surface area contributed by atoms with E-state index in [4.69, 9.17) is 0 Å². The molecule has 2 heteroatoms. The first-order valence-electron chi connectivity index (χ1n) is 50.1. The van der Waals surface area contributed by atoms with Gasteiger partial charge in [-0.1, -0.05) is 516 Å². The van der Waals surface area contributed by atoms with Crippen molar-refractivity contribution in [3.63, 3.8) is 0 Å². The molecule has 23 aromatic carbocycles. The van der Waals surface area contributed by atoms with Gasteiger partial charge >= 0.3 is 0 Å². The van der Waals surface area contributed by atoms with Gasteiger partial charge in [0.05, 0.1) is 27.3 Å². The first-order valence-corrected chi connectivity index (χ1v) is 50.1. The van der Waals surface area contributed by atoms with Gasteiger partial charge in [-0.2, -0.15) is 0 Å². The van der Waals surface area contributed by atoms with Crippen LogP contribution in [0.15, 0.2) is 595 Å². The number of rotatable bonds is 17. The predicted molar refractivity (Wildman–Crippen MR) is 599 cm³/mol. The van der Waals surface area contributed by atoms with E-state index in [1.54, 1.807) is 0 Å². The maximum Gasteiger partial charge on any atom is 0.0720 e. The van der Waals surface area contributed by atoms with Gasteiger partial charge in [0.25, 0.3) is 0 Å². The van der Waals surface area contributed by atoms with E-state index in [0.717, 1.165) is 56.4 Å². The van der Waals surface area contributed by atoms with Crippen LogP contribution in [0.3, 0.4) is 0 Å². The lowest BCUT2D eigenvalue weighted by Crippen LogP contribution is -2.44. The summed E-state index contributed by atoms with van der Waals surface area (Å²) in [6.45, 7) is 0. The van der Waals surface area contributed by atoms with Crippen LogP contribution >= 0.6 is 0 Å². The largest absolute Gasteiger partial charge is 0.310 e. The smallest absolute Gasteiger partial charge is 0.0720 e. The lowest BCUT2D eigenvalue weighted by Gasteiger charge is -2.50. The minimum absolute atomic E-state index is 0.553. The molecule has 0 amide bonds. The van der Waals surface area contributed by atoms with E-state index >= 15 is 0 Å². The van der Waals surface area contributed by atoms with E-state index in [0.29, 0.717) is 0 Å². The van der Waals surface area contributed by atoms with Crippen molar-refractivity contribution in [2.75, 3.05) is 9.80 Å². The van der Waals surface area contributed by atoms with Crippen LogP contribution in [0.5, 0.6) is 0 Å². The van der Waals surface area contributed by atoms with E-state index in [1.807, 2.05) is 0 Å². The standard InChI is InChI=1S/C74H51N.C68H47N/c1-6-23-52(24-7-1)55-41-45-61(46-42-55)75(63-50-57(53-25-8-2-9-26-53)49-58(51-63)54-27-10-3-11-28-54)62-47-43-56(44-48-62)64-34-22-40-71-72(64)65-33-16-17-35-66(65)74(71)69-38-20-18-36-67(69)73(59-29-12-4-13-30-59,60-31-14-5-15-32-60)68-37-19-21-39-70(68)74;1-6-23-48(24-7-1)51-41-43-56(44-42-51)69(57-46-52(49-25-8-2-9-26-49)45-53(47-57)50-27-10-3-11-28-50)65-40-22-39-64-66(65)58-33-16-17-34-59(58)68(64)62-37-20-18-35-60(62)67(54-29-12-4-13-30-54,55-31-14-5-15-32-55)61-36-19-21-38-63(61)68/h1-51H;1-47H. The summed E-state index contributed by atoms with van der Waals surface area (Å²) in [4.78, 5) is 4.93. The second-order valence-electron chi connectivity index (χ2n) is 38.2. The first kappa shape index (κ1) is 86.0. The molecule has 0 radical (unpaired) electrons. The van der Waals surface area contributed by atoms with Crippen molar-refractivity contribution in [1.82, 2.24) is 0 Å². The molecule has 0 bridgehead atoms. The predicted octanol–water partition coefficient (Wildman–Crippen LogP) is 36.1. The fourth-order valence-electron chi connectivity index (χ4n) is 24.9. The molecule has 0 aliphatic heterocycles. The van der Waals surface area contributed by atoms with Crippen molar-refractivity contribution in [2.45, 2.75) is 21.7 Å². The Hall–Kier alpha value is -18.3. The van der Waals surface area contributed by atoms with Gasteiger partial charge in [0.2, 0.25) is 0 Å². The maximum atomic E-state index is 2.52. The van der Waals surface area contributed by atoms with E-state index in [-0.39, 0.29) is 0 Å². The highest BCUT2D eigenvalue weighted by Crippen LogP contribution is 2.69. The molecule has 0 heterocycles. The van der Waals surface area contributed by atoms with Gasteiger partial charge in [-0.3, -0.25) is 0 Å². The van der Waals surface area contributed by atoms with Gasteiger partial charge in [-0.25, -0.2) is 0 Å². The minimum atomic E-state index is -0.633. The summed E-state index contributed by atoms with van der Waals surface area (Å²) in [5.41, 5.74) is 46.4. The first-order chi connectivity index (χ1) is 71.4. The monoisotopic (exact) mass is 1830 g/mol. The second-order valence-corrected chi connectivity index (χ2v) is 38.2. The third kappa shape index (κ3) is 13.9. The highest BCUT2D eigenvalue weighted by Gasteiger charge is 2.59. The average molecular weight is 1830 g/mol. The van der Waals surface area contributed by atoms with Crippen molar-refractivity contribution in [1.29, 1.82) is 0 Å². The molecule has 0 aromatic heterocycles. The Balaban J connectivity index is 0.000000147. The van der Waals surface area contributed by atoms with E-state index in [2.05, 4.69) is 604 Å². The van der Waals surface area contributed by atoms with Crippen molar-refractivity contribution in [2.24, 2.45) is 0 Å². The number of hydrogen-bond acceptors (Lipinski definition) is 2. The molecule has 0 atom stereocenters. The van der Waals surface area contributed by atoms with Crippen molar-refractivity contribution in [3.8, 4) is 100 Å². The van der Waals surface area contributed by atoms with Crippen LogP contribution < -0.4 is 9.80 Å². The van der Waals surface area contributed by atoms with Crippen molar-refractivity contribution < 1.29 is 0 Å². The van der Waals surface area contributed by atoms with E-state index in [1.165, 1.54) is 167 Å². The molecule has 2 spiro atoms. The maximum absolute atomic E-state index is 2.52. The molecule has 0 saturated heterocycles. The minimum Gasteiger partial charge on any atom is -0.310 e. The lowest BCUT2D eigenvalue weighted by molar-refractivity contribution is 0.623. The molecule has 27 rings (SSSR count). The summed E-state index contributed by atoms with van der Waals surface area (Å²) in [5, 5.41) is 0. The summed E-state index contributed by atoms with van der Waals surface area (Å²) in [6, 6.07) is 220. The Morgan fingerprint density at radius 2 is 0.319 bits per heavy atom. The highest BCUT2D eigenvalue weighted by atomic mass is 15.2. The van der Waals surface area contributed by atoms with Gasteiger partial charge in [-0.15, -0.1) is 0 Å². The number of fused-ring (bicyclic) bond motifs is 18. The molecule has 23 aromatic rings. The summed E-state index contributed by atoms with van der Waals surface area (Å²) in [7, 11) is 0. The summed E-state index contributed by atoms with van der Waals surface area (Å²) in [5.74, 6) is 0. The van der Waals surface area contributed by atoms with E-state index < -0.39 is 21.7 Å². The van der Waals surface area contributed by atoms with Crippen LogP contribution in [0.25, 0.3) is 100 Å². The van der Waals surface area contributed by atoms with Crippen LogP contribution in [0.1, 0.15) is 89.0 Å². The molecule has 4 aliphatic rings. The van der Waals surface area contributed by atoms with Gasteiger partial charge in [0, 0.05) is 34.0 Å². The number of nitrogens with zero attached hydrogens (tertiary/aromatic N) is 2. The second kappa shape index (κ2) is 36.1. The normalized spacial score (nSPS) is 13.4. The topological polar surface area (TPSA) is 6.48 Å². The fourth-order valence-corrected chi connectivity index (χ4v) is 24.9. The summed E-state index contributed by atoms with van der Waals surface area (Å²) >= 11 is 0. The number of benzene rings is 23. The number of hydrogen-bond donors (Lipinski definition) is 0. The Morgan fingerprint density at radius 1 is 0.111 bits per heavy atom. The van der Waals surface area contributed by atoms with Gasteiger partial charge in [0.15, 0.2) is 0 Å². The van der Waals surface area contributed by atoms with Crippen LogP contribution in [0, 0.1) is 0 Å².